The lowest BCUT2D eigenvalue weighted by Gasteiger charge is -2.41. The molecule has 50 heavy (non-hydrogen) atoms. The molecule has 260 valence electrons. The zero-order chi connectivity index (χ0) is 35.9. The van der Waals surface area contributed by atoms with E-state index in [9.17, 15) is 50.4 Å². The number of ether oxygens (including phenoxy) is 3. The molecule has 0 saturated carbocycles. The number of aliphatic hydroxyl groups excluding tert-OH is 4. The van der Waals surface area contributed by atoms with Crippen LogP contribution in [0.4, 0.5) is 0 Å². The summed E-state index contributed by atoms with van der Waals surface area (Å²) in [7, 11) is 1.39. The molecule has 0 aromatic heterocycles. The Balaban J connectivity index is 1.53. The molecule has 2 aliphatic carbocycles. The first-order chi connectivity index (χ1) is 23.7. The molecule has 1 saturated heterocycles. The van der Waals surface area contributed by atoms with E-state index in [1.165, 1.54) is 31.4 Å². The molecular formula is C37H34O13. The van der Waals surface area contributed by atoms with Gasteiger partial charge in [-0.1, -0.05) is 12.1 Å². The molecule has 1 fully saturated rings. The number of rotatable bonds is 5. The van der Waals surface area contributed by atoms with Crippen LogP contribution in [-0.4, -0.2) is 96.8 Å². The van der Waals surface area contributed by atoms with Gasteiger partial charge in [0.25, 0.3) is 0 Å². The fourth-order valence-electron chi connectivity index (χ4n) is 7.60. The molecule has 0 spiro atoms. The van der Waals surface area contributed by atoms with Crippen LogP contribution in [0.5, 0.6) is 34.5 Å². The molecule has 7 rings (SSSR count). The third-order valence-corrected chi connectivity index (χ3v) is 9.73. The summed E-state index contributed by atoms with van der Waals surface area (Å²) in [6.45, 7) is 2.69. The predicted octanol–water partition coefficient (Wildman–Crippen LogP) is 2.37. The molecule has 7 atom stereocenters. The van der Waals surface area contributed by atoms with Crippen LogP contribution in [0.15, 0.2) is 48.5 Å². The van der Waals surface area contributed by atoms with E-state index >= 15 is 0 Å². The van der Waals surface area contributed by atoms with Crippen molar-refractivity contribution < 1.29 is 64.7 Å². The Hall–Kier alpha value is -5.18. The summed E-state index contributed by atoms with van der Waals surface area (Å²) in [6.07, 6.45) is -8.41. The van der Waals surface area contributed by atoms with Crippen molar-refractivity contribution in [2.75, 3.05) is 13.7 Å². The molecule has 0 unspecified atom stereocenters. The van der Waals surface area contributed by atoms with Gasteiger partial charge in [0.05, 0.1) is 36.0 Å². The van der Waals surface area contributed by atoms with Crippen LogP contribution in [0.2, 0.25) is 0 Å². The summed E-state index contributed by atoms with van der Waals surface area (Å²) in [4.78, 5) is 28.5. The molecule has 0 bridgehead atoms. The molecule has 4 aromatic carbocycles. The standard InChI is InChI=1S/C37H34O13/c1-13-4-17-26(27-18-5-14(2)6-21(40)28(18)33(44)30-20(27)10-16(48-3)11-23(30)42)19-8-15(39)9-24(31(19)34(45)29(17)22(41)7-13)49-37-36(47)35(46)32(43)25(12-38)50-37/h4-11,25-27,32,35-43,46-47H,12H2,1-3H3/t25-,26+,27-,32-,35+,36-,37-/m1/s1. The lowest BCUT2D eigenvalue weighted by atomic mass is 9.63. The number of carbonyl (C=O) groups is 2. The van der Waals surface area contributed by atoms with E-state index in [0.717, 1.165) is 6.07 Å². The third-order valence-electron chi connectivity index (χ3n) is 9.73. The maximum absolute atomic E-state index is 14.5. The van der Waals surface area contributed by atoms with E-state index in [-0.39, 0.29) is 56.4 Å². The van der Waals surface area contributed by atoms with Crippen LogP contribution < -0.4 is 9.47 Å². The van der Waals surface area contributed by atoms with Gasteiger partial charge in [-0.05, 0) is 71.5 Å². The largest absolute Gasteiger partial charge is 0.508 e. The first-order valence-electron chi connectivity index (χ1n) is 15.8. The van der Waals surface area contributed by atoms with Crippen molar-refractivity contribution in [1.29, 1.82) is 0 Å². The fourth-order valence-corrected chi connectivity index (χ4v) is 7.60. The molecule has 13 nitrogen and oxygen atoms in total. The Bertz CT molecular complexity index is 2090. The number of aryl methyl sites for hydroxylation is 2. The summed E-state index contributed by atoms with van der Waals surface area (Å²) >= 11 is 0. The van der Waals surface area contributed by atoms with Crippen LogP contribution in [0.3, 0.4) is 0 Å². The van der Waals surface area contributed by atoms with E-state index in [1.807, 2.05) is 0 Å². The summed E-state index contributed by atoms with van der Waals surface area (Å²) in [5.74, 6) is -4.97. The number of hydrogen-bond donors (Lipinski definition) is 8. The highest BCUT2D eigenvalue weighted by Crippen LogP contribution is 2.57. The minimum absolute atomic E-state index is 0.0802. The smallest absolute Gasteiger partial charge is 0.229 e. The first-order valence-corrected chi connectivity index (χ1v) is 15.8. The number of aliphatic hydroxyl groups is 4. The highest BCUT2D eigenvalue weighted by molar-refractivity contribution is 6.18. The Kier molecular flexibility index (Phi) is 8.00. The molecule has 13 heteroatoms. The maximum Gasteiger partial charge on any atom is 0.229 e. The van der Waals surface area contributed by atoms with Gasteiger partial charge in [-0.2, -0.15) is 0 Å². The normalized spacial score (nSPS) is 25.3. The predicted molar refractivity (Wildman–Crippen MR) is 173 cm³/mol. The van der Waals surface area contributed by atoms with Crippen molar-refractivity contribution in [2.24, 2.45) is 0 Å². The molecule has 1 heterocycles. The van der Waals surface area contributed by atoms with Crippen molar-refractivity contribution in [3.8, 4) is 34.5 Å². The van der Waals surface area contributed by atoms with E-state index in [2.05, 4.69) is 0 Å². The van der Waals surface area contributed by atoms with Crippen molar-refractivity contribution in [2.45, 2.75) is 56.4 Å². The molecule has 0 amide bonds. The number of fused-ring (bicyclic) bond motifs is 4. The highest BCUT2D eigenvalue weighted by atomic mass is 16.7. The van der Waals surface area contributed by atoms with Crippen LogP contribution in [0.1, 0.15) is 77.1 Å². The van der Waals surface area contributed by atoms with Crippen molar-refractivity contribution >= 4 is 11.6 Å². The van der Waals surface area contributed by atoms with Gasteiger partial charge in [0.15, 0.2) is 0 Å². The molecule has 8 N–H and O–H groups in total. The van der Waals surface area contributed by atoms with E-state index < -0.39 is 72.2 Å². The van der Waals surface area contributed by atoms with Gasteiger partial charge in [-0.25, -0.2) is 0 Å². The summed E-state index contributed by atoms with van der Waals surface area (Å²) in [5, 5.41) is 86.0. The van der Waals surface area contributed by atoms with E-state index in [0.29, 0.717) is 22.3 Å². The average Bonchev–Trinajstić information content (AvgIpc) is 3.04. The minimum atomic E-state index is -1.85. The van der Waals surface area contributed by atoms with E-state index in [1.54, 1.807) is 32.0 Å². The topological polar surface area (TPSA) is 224 Å². The molecular weight excluding hydrogens is 652 g/mol. The molecule has 3 aliphatic rings. The Morgan fingerprint density at radius 3 is 1.68 bits per heavy atom. The molecule has 1 aliphatic heterocycles. The van der Waals surface area contributed by atoms with Crippen molar-refractivity contribution in [3.63, 3.8) is 0 Å². The van der Waals surface area contributed by atoms with Crippen LogP contribution >= 0.6 is 0 Å². The second-order valence-electron chi connectivity index (χ2n) is 12.9. The van der Waals surface area contributed by atoms with Gasteiger partial charge in [0.2, 0.25) is 17.9 Å². The third kappa shape index (κ3) is 4.96. The zero-order valence-corrected chi connectivity index (χ0v) is 27.0. The molecule has 4 aromatic rings. The lowest BCUT2D eigenvalue weighted by molar-refractivity contribution is -0.277. The summed E-state index contributed by atoms with van der Waals surface area (Å²) in [5.41, 5.74) is 1.77. The number of benzene rings is 4. The van der Waals surface area contributed by atoms with Crippen LogP contribution in [0, 0.1) is 13.8 Å². The number of hydrogen-bond acceptors (Lipinski definition) is 13. The summed E-state index contributed by atoms with van der Waals surface area (Å²) in [6, 6.07) is 11.5. The molecule has 0 radical (unpaired) electrons. The van der Waals surface area contributed by atoms with Crippen LogP contribution in [0.25, 0.3) is 0 Å². The van der Waals surface area contributed by atoms with E-state index in [4.69, 9.17) is 14.2 Å². The van der Waals surface area contributed by atoms with Gasteiger partial charge < -0.3 is 55.1 Å². The highest BCUT2D eigenvalue weighted by Gasteiger charge is 2.48. The average molecular weight is 687 g/mol. The maximum atomic E-state index is 14.5. The quantitative estimate of drug-likeness (QED) is 0.151. The SMILES string of the molecule is COc1cc(O)c2c(c1)[C@H]([C@H]1c3cc(C)cc(O)c3C(=O)c3c(O[C@@H]4O[C@H](CO)[C@@H](O)[C@H](O)[C@H]4O)cc(O)cc31)c1cc(C)cc(O)c1C2=O. The minimum Gasteiger partial charge on any atom is -0.508 e. The second kappa shape index (κ2) is 12.0. The number of methoxy groups -OCH3 is 1. The van der Waals surface area contributed by atoms with Gasteiger partial charge in [-0.3, -0.25) is 9.59 Å². The van der Waals surface area contributed by atoms with Crippen LogP contribution in [-0.2, 0) is 4.74 Å². The Labute approximate surface area is 284 Å². The van der Waals surface area contributed by atoms with Gasteiger partial charge >= 0.3 is 0 Å². The summed E-state index contributed by atoms with van der Waals surface area (Å²) < 4.78 is 17.0. The zero-order valence-electron chi connectivity index (χ0n) is 27.0. The lowest BCUT2D eigenvalue weighted by Crippen LogP contribution is -2.60. The first kappa shape index (κ1) is 33.3. The number of ketones is 2. The number of phenolic OH excluding ortho intramolecular Hbond substituents is 4. The van der Waals surface area contributed by atoms with Crippen molar-refractivity contribution in [1.82, 2.24) is 0 Å². The monoisotopic (exact) mass is 686 g/mol. The number of carbonyl (C=O) groups excluding carboxylic acids is 2. The number of phenols is 4. The second-order valence-corrected chi connectivity index (χ2v) is 12.9. The number of aromatic hydroxyl groups is 4. The van der Waals surface area contributed by atoms with Crippen molar-refractivity contribution in [3.05, 3.63) is 104 Å². The Morgan fingerprint density at radius 1 is 0.640 bits per heavy atom. The van der Waals surface area contributed by atoms with Gasteiger partial charge in [0.1, 0.15) is 58.9 Å². The van der Waals surface area contributed by atoms with Gasteiger partial charge in [-0.15, -0.1) is 0 Å². The Morgan fingerprint density at radius 2 is 1.14 bits per heavy atom. The van der Waals surface area contributed by atoms with Gasteiger partial charge in [0, 0.05) is 24.0 Å². The fraction of sp³-hybridized carbons (Fsp3) is 0.297.